The molecule has 1 atom stereocenters. The first kappa shape index (κ1) is 19.3. The number of fused-ring (bicyclic) bond motifs is 1. The summed E-state index contributed by atoms with van der Waals surface area (Å²) in [6.45, 7) is 3.41. The van der Waals surface area contributed by atoms with Crippen molar-refractivity contribution in [3.05, 3.63) is 29.3 Å². The first-order chi connectivity index (χ1) is 11.8. The van der Waals surface area contributed by atoms with Gasteiger partial charge in [0.25, 0.3) is 0 Å². The van der Waals surface area contributed by atoms with E-state index in [2.05, 4.69) is 18.3 Å². The number of phenolic OH excluding ortho intramolecular Hbond substituents is 1. The summed E-state index contributed by atoms with van der Waals surface area (Å²) in [5.41, 5.74) is 2.51. The molecule has 0 saturated heterocycles. The number of phenols is 1. The molecule has 2 rings (SSSR count). The van der Waals surface area contributed by atoms with Crippen LogP contribution >= 0.6 is 0 Å². The van der Waals surface area contributed by atoms with Gasteiger partial charge in [-0.15, -0.1) is 0 Å². The molecule has 0 bridgehead atoms. The number of aromatic hydroxyl groups is 1. The third-order valence-electron chi connectivity index (χ3n) is 5.42. The van der Waals surface area contributed by atoms with Crippen LogP contribution in [0.15, 0.2) is 18.2 Å². The van der Waals surface area contributed by atoms with Crippen LogP contribution < -0.4 is 5.32 Å². The third kappa shape index (κ3) is 6.84. The molecule has 1 aromatic carbocycles. The highest BCUT2D eigenvalue weighted by atomic mass is 16.3. The van der Waals surface area contributed by atoms with Crippen molar-refractivity contribution in [1.29, 1.82) is 0 Å². The molecule has 2 heteroatoms. The van der Waals surface area contributed by atoms with Crippen molar-refractivity contribution in [2.45, 2.75) is 96.4 Å². The van der Waals surface area contributed by atoms with Crippen molar-refractivity contribution in [1.82, 2.24) is 5.32 Å². The normalized spacial score (nSPS) is 17.0. The Balaban J connectivity index is 1.47. The van der Waals surface area contributed by atoms with Gasteiger partial charge in [-0.05, 0) is 49.4 Å². The first-order valence-corrected chi connectivity index (χ1v) is 10.3. The molecule has 1 aliphatic carbocycles. The lowest BCUT2D eigenvalue weighted by Crippen LogP contribution is -2.35. The highest BCUT2D eigenvalue weighted by Crippen LogP contribution is 2.28. The number of hydrogen-bond donors (Lipinski definition) is 2. The Bertz CT molecular complexity index is 457. The second-order valence-corrected chi connectivity index (χ2v) is 7.49. The summed E-state index contributed by atoms with van der Waals surface area (Å²) in [4.78, 5) is 0. The van der Waals surface area contributed by atoms with Crippen LogP contribution in [-0.4, -0.2) is 17.7 Å². The Morgan fingerprint density at radius 2 is 1.62 bits per heavy atom. The zero-order valence-corrected chi connectivity index (χ0v) is 15.7. The van der Waals surface area contributed by atoms with E-state index in [0.29, 0.717) is 11.8 Å². The molecule has 136 valence electrons. The maximum Gasteiger partial charge on any atom is 0.119 e. The average Bonchev–Trinajstić information content (AvgIpc) is 2.60. The van der Waals surface area contributed by atoms with Gasteiger partial charge in [0.1, 0.15) is 5.75 Å². The van der Waals surface area contributed by atoms with Crippen LogP contribution in [0.2, 0.25) is 0 Å². The number of hydrogen-bond acceptors (Lipinski definition) is 2. The predicted octanol–water partition coefficient (Wildman–Crippen LogP) is 5.76. The minimum Gasteiger partial charge on any atom is -0.508 e. The molecule has 24 heavy (non-hydrogen) atoms. The minimum atomic E-state index is 0.484. The summed E-state index contributed by atoms with van der Waals surface area (Å²) >= 11 is 0. The van der Waals surface area contributed by atoms with E-state index >= 15 is 0 Å². The Hall–Kier alpha value is -1.02. The van der Waals surface area contributed by atoms with Gasteiger partial charge in [-0.2, -0.15) is 0 Å². The van der Waals surface area contributed by atoms with E-state index in [1.807, 2.05) is 12.1 Å². The molecule has 1 unspecified atom stereocenters. The summed E-state index contributed by atoms with van der Waals surface area (Å²) < 4.78 is 0. The van der Waals surface area contributed by atoms with Crippen LogP contribution in [0.3, 0.4) is 0 Å². The monoisotopic (exact) mass is 331 g/mol. The molecule has 0 aliphatic heterocycles. The first-order valence-electron chi connectivity index (χ1n) is 10.3. The van der Waals surface area contributed by atoms with Crippen molar-refractivity contribution in [3.63, 3.8) is 0 Å². The number of rotatable bonds is 12. The van der Waals surface area contributed by atoms with Crippen molar-refractivity contribution >= 4 is 0 Å². The maximum absolute atomic E-state index is 10.0. The zero-order chi connectivity index (χ0) is 17.0. The summed E-state index contributed by atoms with van der Waals surface area (Å²) in [6, 6.07) is 6.49. The molecule has 0 spiro atoms. The van der Waals surface area contributed by atoms with E-state index in [1.165, 1.54) is 81.8 Å². The van der Waals surface area contributed by atoms with Gasteiger partial charge in [0.05, 0.1) is 0 Å². The molecule has 2 N–H and O–H groups in total. The zero-order valence-electron chi connectivity index (χ0n) is 15.7. The van der Waals surface area contributed by atoms with Crippen LogP contribution in [0.25, 0.3) is 0 Å². The number of aryl methyl sites for hydroxylation is 1. The van der Waals surface area contributed by atoms with Crippen LogP contribution in [-0.2, 0) is 12.8 Å². The Morgan fingerprint density at radius 3 is 2.33 bits per heavy atom. The topological polar surface area (TPSA) is 32.3 Å². The molecule has 0 amide bonds. The Morgan fingerprint density at radius 1 is 0.958 bits per heavy atom. The van der Waals surface area contributed by atoms with Crippen molar-refractivity contribution in [3.8, 4) is 5.75 Å². The van der Waals surface area contributed by atoms with E-state index in [0.717, 1.165) is 19.4 Å². The number of unbranched alkanes of at least 4 members (excludes halogenated alkanes) is 9. The average molecular weight is 332 g/mol. The molecule has 0 heterocycles. The molecule has 2 nitrogen and oxygen atoms in total. The second-order valence-electron chi connectivity index (χ2n) is 7.49. The maximum atomic E-state index is 10.0. The molecule has 1 aromatic rings. The third-order valence-corrected chi connectivity index (χ3v) is 5.42. The van der Waals surface area contributed by atoms with Gasteiger partial charge >= 0.3 is 0 Å². The summed E-state index contributed by atoms with van der Waals surface area (Å²) in [7, 11) is 0. The summed E-state index contributed by atoms with van der Waals surface area (Å²) in [6.07, 6.45) is 17.2. The SMILES string of the molecule is CCCCCCCCCCCCNC1CCc2cccc(O)c2C1. The Labute approximate surface area is 149 Å². The lowest BCUT2D eigenvalue weighted by atomic mass is 9.87. The van der Waals surface area contributed by atoms with Crippen LogP contribution in [0.4, 0.5) is 0 Å². The van der Waals surface area contributed by atoms with Crippen LogP contribution in [0, 0.1) is 0 Å². The van der Waals surface area contributed by atoms with Crippen molar-refractivity contribution in [2.75, 3.05) is 6.54 Å². The van der Waals surface area contributed by atoms with Gasteiger partial charge in [-0.3, -0.25) is 0 Å². The van der Waals surface area contributed by atoms with E-state index < -0.39 is 0 Å². The molecule has 0 radical (unpaired) electrons. The van der Waals surface area contributed by atoms with Gasteiger partial charge < -0.3 is 10.4 Å². The fourth-order valence-electron chi connectivity index (χ4n) is 3.86. The molecular formula is C22H37NO. The van der Waals surface area contributed by atoms with E-state index in [-0.39, 0.29) is 0 Å². The van der Waals surface area contributed by atoms with Gasteiger partial charge in [-0.25, -0.2) is 0 Å². The molecular weight excluding hydrogens is 294 g/mol. The fourth-order valence-corrected chi connectivity index (χ4v) is 3.86. The number of benzene rings is 1. The summed E-state index contributed by atoms with van der Waals surface area (Å²) in [5.74, 6) is 0.484. The van der Waals surface area contributed by atoms with E-state index in [1.54, 1.807) is 0 Å². The minimum absolute atomic E-state index is 0.484. The lowest BCUT2D eigenvalue weighted by molar-refractivity contribution is 0.421. The van der Waals surface area contributed by atoms with Gasteiger partial charge in [0.2, 0.25) is 0 Å². The fraction of sp³-hybridized carbons (Fsp3) is 0.727. The van der Waals surface area contributed by atoms with Gasteiger partial charge in [0, 0.05) is 6.04 Å². The highest BCUT2D eigenvalue weighted by Gasteiger charge is 2.20. The molecule has 1 aliphatic rings. The Kier molecular flexibility index (Phi) is 9.27. The predicted molar refractivity (Wildman–Crippen MR) is 104 cm³/mol. The smallest absolute Gasteiger partial charge is 0.119 e. The molecule has 0 saturated carbocycles. The standard InChI is InChI=1S/C22H37NO/c1-2-3-4-5-6-7-8-9-10-11-17-23-20-16-15-19-13-12-14-22(24)21(19)18-20/h12-14,20,23-24H,2-11,15-18H2,1H3. The van der Waals surface area contributed by atoms with Crippen molar-refractivity contribution < 1.29 is 5.11 Å². The van der Waals surface area contributed by atoms with E-state index in [9.17, 15) is 5.11 Å². The largest absolute Gasteiger partial charge is 0.508 e. The van der Waals surface area contributed by atoms with Crippen molar-refractivity contribution in [2.24, 2.45) is 0 Å². The molecule has 0 aromatic heterocycles. The lowest BCUT2D eigenvalue weighted by Gasteiger charge is -2.26. The van der Waals surface area contributed by atoms with Crippen LogP contribution in [0.1, 0.15) is 88.7 Å². The van der Waals surface area contributed by atoms with E-state index in [4.69, 9.17) is 0 Å². The second kappa shape index (κ2) is 11.5. The quantitative estimate of drug-likeness (QED) is 0.477. The van der Waals surface area contributed by atoms with Crippen LogP contribution in [0.5, 0.6) is 5.75 Å². The molecule has 0 fully saturated rings. The van der Waals surface area contributed by atoms with Gasteiger partial charge in [-0.1, -0.05) is 76.8 Å². The highest BCUT2D eigenvalue weighted by molar-refractivity contribution is 5.41. The number of nitrogens with one attached hydrogen (secondary N) is 1. The summed E-state index contributed by atoms with van der Waals surface area (Å²) in [5, 5.41) is 13.7. The van der Waals surface area contributed by atoms with Gasteiger partial charge in [0.15, 0.2) is 0 Å².